The molecule has 5 nitrogen and oxygen atoms in total. The number of benzene rings is 1. The second kappa shape index (κ2) is 7.55. The number of rotatable bonds is 5. The maximum Gasteiger partial charge on any atom is 0.286 e. The third-order valence-corrected chi connectivity index (χ3v) is 4.89. The number of carbonyl (C=O) groups excluding carboxylic acids is 2. The molecule has 3 rings (SSSR count). The summed E-state index contributed by atoms with van der Waals surface area (Å²) in [5, 5.41) is 2.73. The van der Waals surface area contributed by atoms with Gasteiger partial charge in [-0.25, -0.2) is 0 Å². The lowest BCUT2D eigenvalue weighted by atomic mass is 9.93. The van der Waals surface area contributed by atoms with Gasteiger partial charge in [0.2, 0.25) is 5.91 Å². The lowest BCUT2D eigenvalue weighted by Gasteiger charge is -2.21. The van der Waals surface area contributed by atoms with Gasteiger partial charge in [-0.2, -0.15) is 0 Å². The highest BCUT2D eigenvalue weighted by Gasteiger charge is 2.33. The van der Waals surface area contributed by atoms with E-state index in [2.05, 4.69) is 37.4 Å². The van der Waals surface area contributed by atoms with E-state index < -0.39 is 0 Å². The molecule has 25 heavy (non-hydrogen) atoms. The first-order valence-electron chi connectivity index (χ1n) is 8.73. The molecular weight excluding hydrogens is 316 g/mol. The summed E-state index contributed by atoms with van der Waals surface area (Å²) in [6.45, 7) is 5.28. The SMILES string of the molecule is Cc1ccccc1[C@H]1C[C@@H](C)N(C(=O)CCNC(=O)c2ccco2)C1. The zero-order valence-electron chi connectivity index (χ0n) is 14.7. The van der Waals surface area contributed by atoms with Crippen LogP contribution in [0.1, 0.15) is 47.4 Å². The van der Waals surface area contributed by atoms with Crippen molar-refractivity contribution in [3.05, 3.63) is 59.5 Å². The van der Waals surface area contributed by atoms with Crippen molar-refractivity contribution < 1.29 is 14.0 Å². The van der Waals surface area contributed by atoms with Crippen LogP contribution < -0.4 is 5.32 Å². The van der Waals surface area contributed by atoms with E-state index in [4.69, 9.17) is 4.42 Å². The Morgan fingerprint density at radius 1 is 1.24 bits per heavy atom. The van der Waals surface area contributed by atoms with Crippen LogP contribution in [0.5, 0.6) is 0 Å². The van der Waals surface area contributed by atoms with Crippen molar-refractivity contribution in [2.75, 3.05) is 13.1 Å². The number of aryl methyl sites for hydroxylation is 1. The molecule has 1 saturated heterocycles. The lowest BCUT2D eigenvalue weighted by Crippen LogP contribution is -2.36. The van der Waals surface area contributed by atoms with Crippen molar-refractivity contribution >= 4 is 11.8 Å². The molecule has 1 aliphatic heterocycles. The van der Waals surface area contributed by atoms with E-state index in [1.54, 1.807) is 12.1 Å². The fourth-order valence-electron chi connectivity index (χ4n) is 3.57. The Kier molecular flexibility index (Phi) is 5.22. The number of amides is 2. The van der Waals surface area contributed by atoms with Gasteiger partial charge in [0, 0.05) is 31.5 Å². The zero-order chi connectivity index (χ0) is 17.8. The predicted molar refractivity (Wildman–Crippen MR) is 95.4 cm³/mol. The standard InChI is InChI=1S/C20H24N2O3/c1-14-6-3-4-7-17(14)16-12-15(2)22(13-16)19(23)9-10-21-20(24)18-8-5-11-25-18/h3-8,11,15-16H,9-10,12-13H2,1-2H3,(H,21,24)/t15-,16+/m1/s1. The van der Waals surface area contributed by atoms with E-state index in [9.17, 15) is 9.59 Å². The van der Waals surface area contributed by atoms with Crippen molar-refractivity contribution in [3.8, 4) is 0 Å². The quantitative estimate of drug-likeness (QED) is 0.910. The van der Waals surface area contributed by atoms with Gasteiger partial charge in [-0.15, -0.1) is 0 Å². The number of likely N-dealkylation sites (tertiary alicyclic amines) is 1. The average Bonchev–Trinajstić information content (AvgIpc) is 3.25. The molecule has 0 saturated carbocycles. The van der Waals surface area contributed by atoms with Gasteiger partial charge < -0.3 is 14.6 Å². The molecule has 0 aliphatic carbocycles. The Balaban J connectivity index is 1.52. The van der Waals surface area contributed by atoms with Crippen LogP contribution >= 0.6 is 0 Å². The van der Waals surface area contributed by atoms with E-state index in [1.165, 1.54) is 17.4 Å². The summed E-state index contributed by atoms with van der Waals surface area (Å²) in [5.41, 5.74) is 2.61. The Hall–Kier alpha value is -2.56. The fourth-order valence-corrected chi connectivity index (χ4v) is 3.57. The van der Waals surface area contributed by atoms with Crippen molar-refractivity contribution in [2.24, 2.45) is 0 Å². The van der Waals surface area contributed by atoms with E-state index >= 15 is 0 Å². The van der Waals surface area contributed by atoms with Crippen LogP contribution in [0.4, 0.5) is 0 Å². The van der Waals surface area contributed by atoms with E-state index in [1.807, 2.05) is 11.0 Å². The summed E-state index contributed by atoms with van der Waals surface area (Å²) in [5.74, 6) is 0.452. The highest BCUT2D eigenvalue weighted by molar-refractivity contribution is 5.91. The van der Waals surface area contributed by atoms with Gasteiger partial charge in [-0.05, 0) is 43.5 Å². The topological polar surface area (TPSA) is 62.6 Å². The Morgan fingerprint density at radius 2 is 2.04 bits per heavy atom. The summed E-state index contributed by atoms with van der Waals surface area (Å²) < 4.78 is 5.04. The summed E-state index contributed by atoms with van der Waals surface area (Å²) in [4.78, 5) is 26.3. The van der Waals surface area contributed by atoms with Crippen molar-refractivity contribution in [1.82, 2.24) is 10.2 Å². The van der Waals surface area contributed by atoms with Gasteiger partial charge in [-0.1, -0.05) is 24.3 Å². The molecule has 0 bridgehead atoms. The second-order valence-electron chi connectivity index (χ2n) is 6.67. The molecule has 0 radical (unpaired) electrons. The Labute approximate surface area is 148 Å². The maximum absolute atomic E-state index is 12.5. The molecule has 1 N–H and O–H groups in total. The second-order valence-corrected chi connectivity index (χ2v) is 6.67. The lowest BCUT2D eigenvalue weighted by molar-refractivity contribution is -0.131. The molecule has 0 spiro atoms. The van der Waals surface area contributed by atoms with Gasteiger partial charge in [0.05, 0.1) is 6.26 Å². The first-order chi connectivity index (χ1) is 12.1. The Morgan fingerprint density at radius 3 is 2.76 bits per heavy atom. The van der Waals surface area contributed by atoms with E-state index in [0.717, 1.165) is 13.0 Å². The summed E-state index contributed by atoms with van der Waals surface area (Å²) in [6.07, 6.45) is 2.74. The summed E-state index contributed by atoms with van der Waals surface area (Å²) in [6, 6.07) is 11.9. The van der Waals surface area contributed by atoms with Crippen LogP contribution in [-0.2, 0) is 4.79 Å². The van der Waals surface area contributed by atoms with Crippen molar-refractivity contribution in [1.29, 1.82) is 0 Å². The molecule has 2 aromatic rings. The minimum atomic E-state index is -0.287. The van der Waals surface area contributed by atoms with Gasteiger partial charge in [-0.3, -0.25) is 9.59 Å². The molecule has 0 unspecified atom stereocenters. The van der Waals surface area contributed by atoms with Gasteiger partial charge >= 0.3 is 0 Å². The summed E-state index contributed by atoms with van der Waals surface area (Å²) >= 11 is 0. The fraction of sp³-hybridized carbons (Fsp3) is 0.400. The summed E-state index contributed by atoms with van der Waals surface area (Å²) in [7, 11) is 0. The molecule has 5 heteroatoms. The number of nitrogens with zero attached hydrogens (tertiary/aromatic N) is 1. The first-order valence-corrected chi connectivity index (χ1v) is 8.73. The van der Waals surface area contributed by atoms with Crippen LogP contribution in [0.15, 0.2) is 47.1 Å². The van der Waals surface area contributed by atoms with Crippen LogP contribution in [0, 0.1) is 6.92 Å². The van der Waals surface area contributed by atoms with Gasteiger partial charge in [0.1, 0.15) is 0 Å². The molecule has 1 fully saturated rings. The number of hydrogen-bond acceptors (Lipinski definition) is 3. The number of hydrogen-bond donors (Lipinski definition) is 1. The number of carbonyl (C=O) groups is 2. The minimum absolute atomic E-state index is 0.0864. The monoisotopic (exact) mass is 340 g/mol. The highest BCUT2D eigenvalue weighted by Crippen LogP contribution is 2.33. The molecule has 2 amide bonds. The molecule has 1 aliphatic rings. The molecule has 2 heterocycles. The first kappa shape index (κ1) is 17.3. The van der Waals surface area contributed by atoms with Crippen LogP contribution in [-0.4, -0.2) is 35.8 Å². The van der Waals surface area contributed by atoms with Crippen molar-refractivity contribution in [3.63, 3.8) is 0 Å². The normalized spacial score (nSPS) is 19.8. The van der Waals surface area contributed by atoms with Crippen molar-refractivity contribution in [2.45, 2.75) is 38.6 Å². The van der Waals surface area contributed by atoms with Gasteiger partial charge in [0.25, 0.3) is 5.91 Å². The maximum atomic E-state index is 12.5. The molecule has 1 aromatic carbocycles. The van der Waals surface area contributed by atoms with Gasteiger partial charge in [0.15, 0.2) is 5.76 Å². The van der Waals surface area contributed by atoms with Crippen LogP contribution in [0.3, 0.4) is 0 Å². The third-order valence-electron chi connectivity index (χ3n) is 4.89. The third kappa shape index (κ3) is 3.92. The molecule has 2 atom stereocenters. The molecule has 1 aromatic heterocycles. The Bertz CT molecular complexity index is 739. The molecular formula is C20H24N2O3. The smallest absolute Gasteiger partial charge is 0.286 e. The number of furan rings is 1. The predicted octanol–water partition coefficient (Wildman–Crippen LogP) is 3.11. The molecule has 132 valence electrons. The van der Waals surface area contributed by atoms with E-state index in [0.29, 0.717) is 18.9 Å². The zero-order valence-corrected chi connectivity index (χ0v) is 14.7. The minimum Gasteiger partial charge on any atom is -0.459 e. The highest BCUT2D eigenvalue weighted by atomic mass is 16.3. The average molecular weight is 340 g/mol. The largest absolute Gasteiger partial charge is 0.459 e. The van der Waals surface area contributed by atoms with Crippen LogP contribution in [0.25, 0.3) is 0 Å². The van der Waals surface area contributed by atoms with E-state index in [-0.39, 0.29) is 23.6 Å². The van der Waals surface area contributed by atoms with Crippen LogP contribution in [0.2, 0.25) is 0 Å². The number of nitrogens with one attached hydrogen (secondary N) is 1.